The second-order valence-corrected chi connectivity index (χ2v) is 27.5. The van der Waals surface area contributed by atoms with Gasteiger partial charge in [-0.1, -0.05) is 307 Å². The summed E-state index contributed by atoms with van der Waals surface area (Å²) in [6.07, 6.45) is 83.4. The van der Waals surface area contributed by atoms with Crippen molar-refractivity contribution in [3.63, 3.8) is 0 Å². The molecule has 498 valence electrons. The van der Waals surface area contributed by atoms with Gasteiger partial charge in [0.2, 0.25) is 5.91 Å². The third-order valence-corrected chi connectivity index (χ3v) is 17.4. The van der Waals surface area contributed by atoms with E-state index in [0.717, 1.165) is 83.5 Å². The molecule has 9 nitrogen and oxygen atoms in total. The normalized spacial score (nSPS) is 13.8. The van der Waals surface area contributed by atoms with Crippen molar-refractivity contribution < 1.29 is 37.3 Å². The number of quaternary nitrogens is 1. The van der Waals surface area contributed by atoms with E-state index in [9.17, 15) is 19.0 Å². The SMILES string of the molecule is CCCCC/C=C\C/C=C\C/C=C\CCCCCCCCCCC(=O)OC(/C=C\CCCCCCCCCCCCC)C(COP(=O)([O-])OCC[N+](C)(C)C)NC(=O)CCCCCCCCCCCCCCCCC/C=C/CCCCCCCC. The molecule has 0 aromatic carbocycles. The Morgan fingerprint density at radius 3 is 1.11 bits per heavy atom. The number of carbonyl (C=O) groups excluding carboxylic acids is 2. The molecule has 0 saturated heterocycles. The van der Waals surface area contributed by atoms with Crippen molar-refractivity contribution in [2.45, 2.75) is 367 Å². The standard InChI is InChI=1S/C75H141N2O7P/c1-7-10-13-16-19-22-25-28-30-32-34-36-37-38-39-41-42-44-46-49-52-55-58-61-64-67-74(78)76-72(71-83-85(80,81)82-70-69-77(4,5)6)73(66-63-60-57-54-51-48-27-24-21-18-15-12-9-3)84-75(79)68-65-62-59-56-53-50-47-45-43-40-35-33-31-29-26-23-20-17-14-11-8-2/h20,23,28-31,35,40,63,66,72-73H,7-19,21-22,24-27,32-34,36-39,41-62,64-65,67-71H2,1-6H3,(H-,76,78,80,81)/b23-20-,30-28+,31-29-,40-35-,66-63-. The van der Waals surface area contributed by atoms with Crippen LogP contribution in [-0.2, 0) is 27.9 Å². The molecule has 0 aromatic rings. The summed E-state index contributed by atoms with van der Waals surface area (Å²) in [7, 11) is 1.19. The fourth-order valence-electron chi connectivity index (χ4n) is 10.8. The Morgan fingerprint density at radius 1 is 0.412 bits per heavy atom. The summed E-state index contributed by atoms with van der Waals surface area (Å²) in [6, 6.07) is -0.893. The molecule has 0 aromatic heterocycles. The largest absolute Gasteiger partial charge is 0.756 e. The van der Waals surface area contributed by atoms with Crippen LogP contribution in [-0.4, -0.2) is 69.4 Å². The van der Waals surface area contributed by atoms with Gasteiger partial charge in [-0.15, -0.1) is 0 Å². The van der Waals surface area contributed by atoms with Crippen LogP contribution in [0.25, 0.3) is 0 Å². The summed E-state index contributed by atoms with van der Waals surface area (Å²) in [5, 5.41) is 3.05. The summed E-state index contributed by atoms with van der Waals surface area (Å²) in [5.74, 6) is -0.535. The zero-order chi connectivity index (χ0) is 62.1. The van der Waals surface area contributed by atoms with Crippen LogP contribution < -0.4 is 10.2 Å². The number of allylic oxidation sites excluding steroid dienone is 9. The first-order valence-corrected chi connectivity index (χ1v) is 38.1. The Labute approximate surface area is 528 Å². The summed E-state index contributed by atoms with van der Waals surface area (Å²) in [6.45, 7) is 6.86. The molecule has 0 bridgehead atoms. The van der Waals surface area contributed by atoms with E-state index in [4.69, 9.17) is 13.8 Å². The fraction of sp³-hybridized carbons (Fsp3) is 0.840. The zero-order valence-electron chi connectivity index (χ0n) is 57.1. The van der Waals surface area contributed by atoms with Crippen LogP contribution >= 0.6 is 7.82 Å². The van der Waals surface area contributed by atoms with E-state index >= 15 is 0 Å². The number of nitrogens with zero attached hydrogens (tertiary/aromatic N) is 1. The molecule has 3 atom stereocenters. The second-order valence-electron chi connectivity index (χ2n) is 26.1. The highest BCUT2D eigenvalue weighted by Crippen LogP contribution is 2.38. The molecule has 0 aliphatic carbocycles. The van der Waals surface area contributed by atoms with E-state index in [1.165, 1.54) is 238 Å². The molecule has 0 aliphatic rings. The van der Waals surface area contributed by atoms with Crippen LogP contribution in [0.1, 0.15) is 355 Å². The molecule has 0 fully saturated rings. The average Bonchev–Trinajstić information content (AvgIpc) is 3.48. The summed E-state index contributed by atoms with van der Waals surface area (Å²) < 4.78 is 30.5. The first-order valence-electron chi connectivity index (χ1n) is 36.6. The molecule has 0 aliphatic heterocycles. The molecular formula is C75H141N2O7P. The number of amides is 1. The van der Waals surface area contributed by atoms with Gasteiger partial charge in [-0.3, -0.25) is 14.2 Å². The van der Waals surface area contributed by atoms with Crippen molar-refractivity contribution in [3.05, 3.63) is 60.8 Å². The van der Waals surface area contributed by atoms with Crippen LogP contribution in [0.4, 0.5) is 0 Å². The molecule has 0 radical (unpaired) electrons. The molecular weight excluding hydrogens is 1070 g/mol. The van der Waals surface area contributed by atoms with Crippen molar-refractivity contribution >= 4 is 19.7 Å². The van der Waals surface area contributed by atoms with Gasteiger partial charge in [0, 0.05) is 12.8 Å². The molecule has 3 unspecified atom stereocenters. The van der Waals surface area contributed by atoms with Gasteiger partial charge < -0.3 is 28.5 Å². The molecule has 0 saturated carbocycles. The summed E-state index contributed by atoms with van der Waals surface area (Å²) in [5.41, 5.74) is 0. The highest BCUT2D eigenvalue weighted by molar-refractivity contribution is 7.45. The Bertz CT molecular complexity index is 1640. The molecule has 1 N–H and O–H groups in total. The molecule has 0 heterocycles. The van der Waals surface area contributed by atoms with E-state index in [-0.39, 0.29) is 31.5 Å². The van der Waals surface area contributed by atoms with Crippen molar-refractivity contribution in [1.82, 2.24) is 5.32 Å². The minimum Gasteiger partial charge on any atom is -0.756 e. The predicted octanol–water partition coefficient (Wildman–Crippen LogP) is 22.7. The van der Waals surface area contributed by atoms with Crippen molar-refractivity contribution in [2.75, 3.05) is 40.9 Å². The number of ether oxygens (including phenoxy) is 1. The number of rotatable bonds is 67. The van der Waals surface area contributed by atoms with Crippen LogP contribution in [0.5, 0.6) is 0 Å². The highest BCUT2D eigenvalue weighted by atomic mass is 31.2. The number of likely N-dealkylation sites (N-methyl/N-ethyl adjacent to an activating group) is 1. The van der Waals surface area contributed by atoms with Crippen LogP contribution in [0.2, 0.25) is 0 Å². The number of esters is 1. The van der Waals surface area contributed by atoms with E-state index in [1.54, 1.807) is 0 Å². The molecule has 1 amide bonds. The predicted molar refractivity (Wildman–Crippen MR) is 367 cm³/mol. The maximum atomic E-state index is 13.6. The Hall–Kier alpha value is -2.29. The number of phosphoric ester groups is 1. The lowest BCUT2D eigenvalue weighted by atomic mass is 10.0. The third kappa shape index (κ3) is 66.0. The first-order chi connectivity index (χ1) is 41.4. The van der Waals surface area contributed by atoms with Gasteiger partial charge >= 0.3 is 5.97 Å². The lowest BCUT2D eigenvalue weighted by Gasteiger charge is -2.30. The number of unbranched alkanes of at least 4 members (excludes halogenated alkanes) is 43. The fourth-order valence-corrected chi connectivity index (χ4v) is 11.5. The summed E-state index contributed by atoms with van der Waals surface area (Å²) >= 11 is 0. The van der Waals surface area contributed by atoms with Gasteiger partial charge in [0.05, 0.1) is 33.8 Å². The Morgan fingerprint density at radius 2 is 0.718 bits per heavy atom. The highest BCUT2D eigenvalue weighted by Gasteiger charge is 2.27. The average molecular weight is 1210 g/mol. The van der Waals surface area contributed by atoms with E-state index in [1.807, 2.05) is 33.3 Å². The maximum Gasteiger partial charge on any atom is 0.306 e. The van der Waals surface area contributed by atoms with Gasteiger partial charge in [-0.05, 0) is 96.0 Å². The first kappa shape index (κ1) is 82.7. The lowest BCUT2D eigenvalue weighted by Crippen LogP contribution is -2.47. The molecule has 0 rings (SSSR count). The zero-order valence-corrected chi connectivity index (χ0v) is 58.0. The number of hydrogen-bond donors (Lipinski definition) is 1. The number of nitrogens with one attached hydrogen (secondary N) is 1. The second kappa shape index (κ2) is 64.7. The van der Waals surface area contributed by atoms with E-state index in [0.29, 0.717) is 17.4 Å². The van der Waals surface area contributed by atoms with Crippen LogP contribution in [0.15, 0.2) is 60.8 Å². The van der Waals surface area contributed by atoms with Gasteiger partial charge in [0.15, 0.2) is 0 Å². The number of hydrogen-bond acceptors (Lipinski definition) is 7. The van der Waals surface area contributed by atoms with Gasteiger partial charge in [-0.25, -0.2) is 0 Å². The Balaban J connectivity index is 5.07. The number of phosphoric acid groups is 1. The van der Waals surface area contributed by atoms with E-state index < -0.39 is 20.0 Å². The van der Waals surface area contributed by atoms with Gasteiger partial charge in [0.25, 0.3) is 7.82 Å². The smallest absolute Gasteiger partial charge is 0.306 e. The molecule has 0 spiro atoms. The Kier molecular flexibility index (Phi) is 62.9. The van der Waals surface area contributed by atoms with Gasteiger partial charge in [-0.2, -0.15) is 0 Å². The maximum absolute atomic E-state index is 13.6. The van der Waals surface area contributed by atoms with Crippen molar-refractivity contribution in [3.8, 4) is 0 Å². The summed E-state index contributed by atoms with van der Waals surface area (Å²) in [4.78, 5) is 40.2. The van der Waals surface area contributed by atoms with E-state index in [2.05, 4.69) is 74.7 Å². The third-order valence-electron chi connectivity index (χ3n) is 16.4. The lowest BCUT2D eigenvalue weighted by molar-refractivity contribution is -0.870. The topological polar surface area (TPSA) is 114 Å². The number of carbonyl (C=O) groups is 2. The minimum absolute atomic E-state index is 0.0232. The molecule has 85 heavy (non-hydrogen) atoms. The minimum atomic E-state index is -4.71. The van der Waals surface area contributed by atoms with Crippen molar-refractivity contribution in [1.29, 1.82) is 0 Å². The van der Waals surface area contributed by atoms with Crippen LogP contribution in [0, 0.1) is 0 Å². The van der Waals surface area contributed by atoms with Crippen LogP contribution in [0.3, 0.4) is 0 Å². The molecule has 10 heteroatoms. The van der Waals surface area contributed by atoms with Crippen molar-refractivity contribution in [2.24, 2.45) is 0 Å². The van der Waals surface area contributed by atoms with Gasteiger partial charge in [0.1, 0.15) is 19.3 Å². The quantitative estimate of drug-likeness (QED) is 0.0212. The monoisotopic (exact) mass is 1210 g/mol.